The lowest BCUT2D eigenvalue weighted by Crippen LogP contribution is -2.25. The molecule has 4 nitrogen and oxygen atoms in total. The molecule has 0 aliphatic heterocycles. The number of nitrogens with two attached hydrogens (primary N) is 1. The number of hydrogen-bond acceptors (Lipinski definition) is 3. The fourth-order valence-electron chi connectivity index (χ4n) is 1.37. The zero-order chi connectivity index (χ0) is 11.3. The summed E-state index contributed by atoms with van der Waals surface area (Å²) in [5.74, 6) is 1.10. The topological polar surface area (TPSA) is 68.3 Å². The van der Waals surface area contributed by atoms with Gasteiger partial charge >= 0.3 is 0 Å². The fraction of sp³-hybridized carbons (Fsp3) is 0.545. The minimum Gasteiger partial charge on any atom is -0.456 e. The maximum atomic E-state index is 11.6. The van der Waals surface area contributed by atoms with Gasteiger partial charge in [0.15, 0.2) is 5.76 Å². The van der Waals surface area contributed by atoms with E-state index in [1.54, 1.807) is 6.07 Å². The van der Waals surface area contributed by atoms with E-state index in [9.17, 15) is 4.79 Å². The Morgan fingerprint density at radius 3 is 2.87 bits per heavy atom. The Labute approximate surface area is 89.8 Å². The van der Waals surface area contributed by atoms with E-state index in [1.807, 2.05) is 13.8 Å². The van der Waals surface area contributed by atoms with Crippen LogP contribution < -0.4 is 11.1 Å². The van der Waals surface area contributed by atoms with Gasteiger partial charge in [-0.2, -0.15) is 0 Å². The fourth-order valence-corrected chi connectivity index (χ4v) is 1.37. The summed E-state index contributed by atoms with van der Waals surface area (Å²) in [6, 6.07) is 1.77. The maximum Gasteiger partial charge on any atom is 0.287 e. The van der Waals surface area contributed by atoms with Crippen molar-refractivity contribution in [2.45, 2.75) is 26.7 Å². The number of nitrogens with one attached hydrogen (secondary N) is 1. The van der Waals surface area contributed by atoms with Crippen molar-refractivity contribution in [2.24, 2.45) is 5.73 Å². The number of carbonyl (C=O) groups excluding carboxylic acids is 1. The molecule has 1 rings (SSSR count). The molecule has 0 aromatic carbocycles. The highest BCUT2D eigenvalue weighted by molar-refractivity contribution is 5.91. The molecule has 1 aromatic rings. The van der Waals surface area contributed by atoms with E-state index in [0.29, 0.717) is 18.8 Å². The first-order chi connectivity index (χ1) is 7.19. The van der Waals surface area contributed by atoms with Crippen molar-refractivity contribution in [1.29, 1.82) is 0 Å². The number of hydrogen-bond donors (Lipinski definition) is 2. The summed E-state index contributed by atoms with van der Waals surface area (Å²) in [6.07, 6.45) is 1.59. The van der Waals surface area contributed by atoms with Crippen LogP contribution in [0.1, 0.15) is 35.2 Å². The van der Waals surface area contributed by atoms with E-state index in [-0.39, 0.29) is 5.91 Å². The van der Waals surface area contributed by atoms with Crippen LogP contribution in [-0.4, -0.2) is 19.0 Å². The smallest absolute Gasteiger partial charge is 0.287 e. The first kappa shape index (κ1) is 11.8. The number of aryl methyl sites for hydroxylation is 2. The standard InChI is InChI=1S/C11H18N2O2/c1-3-9-8(2)7-10(15-9)11(14)13-6-4-5-12/h7H,3-6,12H2,1-2H3,(H,13,14). The van der Waals surface area contributed by atoms with Gasteiger partial charge in [-0.3, -0.25) is 4.79 Å². The molecule has 0 aliphatic rings. The van der Waals surface area contributed by atoms with Gasteiger partial charge < -0.3 is 15.5 Å². The minimum absolute atomic E-state index is 0.161. The monoisotopic (exact) mass is 210 g/mol. The molecule has 1 amide bonds. The molecule has 0 spiro atoms. The third-order valence-corrected chi connectivity index (χ3v) is 2.23. The van der Waals surface area contributed by atoms with Crippen LogP contribution in [0.25, 0.3) is 0 Å². The number of carbonyl (C=O) groups is 1. The second-order valence-electron chi connectivity index (χ2n) is 3.47. The van der Waals surface area contributed by atoms with Crippen molar-refractivity contribution < 1.29 is 9.21 Å². The molecule has 1 heterocycles. The quantitative estimate of drug-likeness (QED) is 0.718. The van der Waals surface area contributed by atoms with Crippen LogP contribution in [0.2, 0.25) is 0 Å². The molecule has 3 N–H and O–H groups in total. The Kier molecular flexibility index (Phi) is 4.37. The molecular weight excluding hydrogens is 192 g/mol. The highest BCUT2D eigenvalue weighted by atomic mass is 16.4. The average molecular weight is 210 g/mol. The first-order valence-corrected chi connectivity index (χ1v) is 5.26. The molecule has 84 valence electrons. The Bertz CT molecular complexity index is 331. The number of rotatable bonds is 5. The predicted molar refractivity (Wildman–Crippen MR) is 58.8 cm³/mol. The molecule has 4 heteroatoms. The SMILES string of the molecule is CCc1oc(C(=O)NCCCN)cc1C. The van der Waals surface area contributed by atoms with Gasteiger partial charge in [0.05, 0.1) is 0 Å². The van der Waals surface area contributed by atoms with Crippen molar-refractivity contribution >= 4 is 5.91 Å². The van der Waals surface area contributed by atoms with Gasteiger partial charge in [-0.05, 0) is 31.5 Å². The maximum absolute atomic E-state index is 11.6. The van der Waals surface area contributed by atoms with Gasteiger partial charge in [0.25, 0.3) is 5.91 Å². The highest BCUT2D eigenvalue weighted by Gasteiger charge is 2.12. The van der Waals surface area contributed by atoms with E-state index in [0.717, 1.165) is 24.2 Å². The molecule has 0 fully saturated rings. The average Bonchev–Trinajstić information content (AvgIpc) is 2.60. The van der Waals surface area contributed by atoms with Gasteiger partial charge in [-0.1, -0.05) is 6.92 Å². The molecule has 0 bridgehead atoms. The minimum atomic E-state index is -0.161. The molecular formula is C11H18N2O2. The summed E-state index contributed by atoms with van der Waals surface area (Å²) in [4.78, 5) is 11.6. The van der Waals surface area contributed by atoms with E-state index in [4.69, 9.17) is 10.2 Å². The van der Waals surface area contributed by atoms with Gasteiger partial charge in [-0.25, -0.2) is 0 Å². The lowest BCUT2D eigenvalue weighted by molar-refractivity contribution is 0.0924. The van der Waals surface area contributed by atoms with Crippen molar-refractivity contribution in [3.63, 3.8) is 0 Å². The Hall–Kier alpha value is -1.29. The normalized spacial score (nSPS) is 10.3. The third-order valence-electron chi connectivity index (χ3n) is 2.23. The molecule has 1 aromatic heterocycles. The Morgan fingerprint density at radius 1 is 1.60 bits per heavy atom. The van der Waals surface area contributed by atoms with Crippen molar-refractivity contribution in [3.8, 4) is 0 Å². The Morgan fingerprint density at radius 2 is 2.33 bits per heavy atom. The summed E-state index contributed by atoms with van der Waals surface area (Å²) in [7, 11) is 0. The van der Waals surface area contributed by atoms with Crippen LogP contribution in [0, 0.1) is 6.92 Å². The van der Waals surface area contributed by atoms with Crippen LogP contribution in [0.4, 0.5) is 0 Å². The highest BCUT2D eigenvalue weighted by Crippen LogP contribution is 2.14. The zero-order valence-corrected chi connectivity index (χ0v) is 9.30. The summed E-state index contributed by atoms with van der Waals surface area (Å²) in [6.45, 7) is 5.12. The van der Waals surface area contributed by atoms with Crippen LogP contribution in [0.3, 0.4) is 0 Å². The van der Waals surface area contributed by atoms with Crippen molar-refractivity contribution in [1.82, 2.24) is 5.32 Å². The number of amides is 1. The van der Waals surface area contributed by atoms with Gasteiger partial charge in [0, 0.05) is 13.0 Å². The van der Waals surface area contributed by atoms with E-state index in [1.165, 1.54) is 0 Å². The largest absolute Gasteiger partial charge is 0.456 e. The van der Waals surface area contributed by atoms with Gasteiger partial charge in [0.2, 0.25) is 0 Å². The molecule has 0 radical (unpaired) electrons. The number of furan rings is 1. The van der Waals surface area contributed by atoms with Gasteiger partial charge in [-0.15, -0.1) is 0 Å². The summed E-state index contributed by atoms with van der Waals surface area (Å²) < 4.78 is 5.41. The van der Waals surface area contributed by atoms with Crippen LogP contribution in [0.15, 0.2) is 10.5 Å². The molecule has 0 saturated heterocycles. The summed E-state index contributed by atoms with van der Waals surface area (Å²) in [5, 5.41) is 2.75. The first-order valence-electron chi connectivity index (χ1n) is 5.26. The van der Waals surface area contributed by atoms with Crippen molar-refractivity contribution in [3.05, 3.63) is 23.2 Å². The Balaban J connectivity index is 2.58. The molecule has 0 atom stereocenters. The van der Waals surface area contributed by atoms with Gasteiger partial charge in [0.1, 0.15) is 5.76 Å². The van der Waals surface area contributed by atoms with Crippen LogP contribution >= 0.6 is 0 Å². The second kappa shape index (κ2) is 5.56. The lowest BCUT2D eigenvalue weighted by atomic mass is 10.2. The molecule has 15 heavy (non-hydrogen) atoms. The van der Waals surface area contributed by atoms with E-state index >= 15 is 0 Å². The lowest BCUT2D eigenvalue weighted by Gasteiger charge is -2.00. The third kappa shape index (κ3) is 3.09. The zero-order valence-electron chi connectivity index (χ0n) is 9.30. The van der Waals surface area contributed by atoms with E-state index in [2.05, 4.69) is 5.32 Å². The second-order valence-corrected chi connectivity index (χ2v) is 3.47. The van der Waals surface area contributed by atoms with Crippen molar-refractivity contribution in [2.75, 3.05) is 13.1 Å². The molecule has 0 saturated carbocycles. The summed E-state index contributed by atoms with van der Waals surface area (Å²) >= 11 is 0. The van der Waals surface area contributed by atoms with Crippen LogP contribution in [0.5, 0.6) is 0 Å². The predicted octanol–water partition coefficient (Wildman–Crippen LogP) is 1.23. The van der Waals surface area contributed by atoms with E-state index < -0.39 is 0 Å². The molecule has 0 unspecified atom stereocenters. The summed E-state index contributed by atoms with van der Waals surface area (Å²) in [5.41, 5.74) is 6.36. The van der Waals surface area contributed by atoms with Crippen LogP contribution in [-0.2, 0) is 6.42 Å². The molecule has 0 aliphatic carbocycles.